The highest BCUT2D eigenvalue weighted by Crippen LogP contribution is 2.35. The molecule has 3 rings (SSSR count). The number of carbonyl (C=O) groups excluding carboxylic acids is 1. The van der Waals surface area contributed by atoms with Crippen LogP contribution < -0.4 is 9.64 Å². The quantitative estimate of drug-likeness (QED) is 0.453. The van der Waals surface area contributed by atoms with Crippen molar-refractivity contribution in [2.45, 2.75) is 13.3 Å². The Kier molecular flexibility index (Phi) is 8.85. The Bertz CT molecular complexity index is 974. The van der Waals surface area contributed by atoms with Gasteiger partial charge < -0.3 is 9.64 Å². The molecular formula is C21H24Cl2FN3O2S. The first-order valence-electron chi connectivity index (χ1n) is 9.25. The lowest BCUT2D eigenvalue weighted by Crippen LogP contribution is -2.37. The third kappa shape index (κ3) is 5.82. The predicted octanol–water partition coefficient (Wildman–Crippen LogP) is 5.18. The molecule has 3 aromatic rings. The number of halogens is 3. The van der Waals surface area contributed by atoms with E-state index in [1.54, 1.807) is 17.0 Å². The van der Waals surface area contributed by atoms with Crippen molar-refractivity contribution in [1.29, 1.82) is 0 Å². The normalized spacial score (nSPS) is 10.9. The number of anilines is 1. The van der Waals surface area contributed by atoms with E-state index in [-0.39, 0.29) is 30.7 Å². The monoisotopic (exact) mass is 471 g/mol. The van der Waals surface area contributed by atoms with Crippen LogP contribution in [0.2, 0.25) is 5.02 Å². The Morgan fingerprint density at radius 1 is 1.20 bits per heavy atom. The number of amides is 1. The Morgan fingerprint density at radius 3 is 2.60 bits per heavy atom. The number of nitrogens with zero attached hydrogens (tertiary/aromatic N) is 3. The molecule has 0 spiro atoms. The van der Waals surface area contributed by atoms with Crippen molar-refractivity contribution in [2.75, 3.05) is 38.7 Å². The summed E-state index contributed by atoms with van der Waals surface area (Å²) in [6.07, 6.45) is 0.765. The van der Waals surface area contributed by atoms with Crippen LogP contribution in [0, 0.1) is 12.7 Å². The molecule has 0 atom stereocenters. The van der Waals surface area contributed by atoms with E-state index in [9.17, 15) is 9.18 Å². The molecule has 162 valence electrons. The molecule has 1 amide bonds. The molecule has 0 bridgehead atoms. The Hall–Kier alpha value is -1.93. The molecule has 0 fully saturated rings. The molecule has 1 heterocycles. The number of carbonyl (C=O) groups is 1. The topological polar surface area (TPSA) is 45.7 Å². The molecule has 0 aliphatic heterocycles. The third-order valence-electron chi connectivity index (χ3n) is 4.39. The van der Waals surface area contributed by atoms with Gasteiger partial charge in [0.1, 0.15) is 0 Å². The first-order valence-corrected chi connectivity index (χ1v) is 10.4. The smallest absolute Gasteiger partial charge is 0.266 e. The van der Waals surface area contributed by atoms with Gasteiger partial charge in [-0.15, -0.1) is 12.4 Å². The van der Waals surface area contributed by atoms with Gasteiger partial charge in [-0.2, -0.15) is 0 Å². The maximum Gasteiger partial charge on any atom is 0.266 e. The molecular weight excluding hydrogens is 448 g/mol. The standard InChI is InChI=1S/C21H23ClFN3O2S.ClH/c1-14-9-10-15(22)20-19(14)24-21(29-20)26(12-6-11-25(2)3)18(27)13-28-17-8-5-4-7-16(17)23;/h4-5,7-10H,6,11-13H2,1-3H3;1H. The van der Waals surface area contributed by atoms with Gasteiger partial charge >= 0.3 is 0 Å². The maximum absolute atomic E-state index is 13.8. The van der Waals surface area contributed by atoms with Crippen molar-refractivity contribution in [3.05, 3.63) is 52.8 Å². The summed E-state index contributed by atoms with van der Waals surface area (Å²) in [5.41, 5.74) is 1.79. The van der Waals surface area contributed by atoms with Crippen LogP contribution in [0.1, 0.15) is 12.0 Å². The van der Waals surface area contributed by atoms with Crippen LogP contribution >= 0.6 is 35.3 Å². The average Bonchev–Trinajstić information content (AvgIpc) is 3.13. The third-order valence-corrected chi connectivity index (χ3v) is 5.93. The molecule has 1 aromatic heterocycles. The van der Waals surface area contributed by atoms with Crippen molar-refractivity contribution in [3.63, 3.8) is 0 Å². The lowest BCUT2D eigenvalue weighted by atomic mass is 10.2. The number of thiazole rings is 1. The summed E-state index contributed by atoms with van der Waals surface area (Å²) in [4.78, 5) is 21.3. The van der Waals surface area contributed by atoms with E-state index in [1.165, 1.54) is 23.5 Å². The minimum absolute atomic E-state index is 0. The lowest BCUT2D eigenvalue weighted by molar-refractivity contribution is -0.120. The van der Waals surface area contributed by atoms with Gasteiger partial charge in [-0.1, -0.05) is 41.1 Å². The fourth-order valence-electron chi connectivity index (χ4n) is 2.86. The fraction of sp³-hybridized carbons (Fsp3) is 0.333. The fourth-order valence-corrected chi connectivity index (χ4v) is 4.22. The van der Waals surface area contributed by atoms with Crippen LogP contribution in [0.5, 0.6) is 5.75 Å². The summed E-state index contributed by atoms with van der Waals surface area (Å²) >= 11 is 7.70. The summed E-state index contributed by atoms with van der Waals surface area (Å²) in [6.45, 7) is 2.99. The number of benzene rings is 2. The van der Waals surface area contributed by atoms with Crippen LogP contribution in [0.3, 0.4) is 0 Å². The maximum atomic E-state index is 13.8. The number of hydrogen-bond donors (Lipinski definition) is 0. The molecule has 0 saturated carbocycles. The summed E-state index contributed by atoms with van der Waals surface area (Å²) in [6, 6.07) is 9.78. The van der Waals surface area contributed by atoms with Crippen LogP contribution in [0.25, 0.3) is 10.2 Å². The zero-order valence-corrected chi connectivity index (χ0v) is 19.4. The molecule has 0 radical (unpaired) electrons. The second-order valence-corrected chi connectivity index (χ2v) is 8.34. The van der Waals surface area contributed by atoms with Crippen LogP contribution in [-0.4, -0.2) is 49.6 Å². The summed E-state index contributed by atoms with van der Waals surface area (Å²) in [7, 11) is 3.96. The van der Waals surface area contributed by atoms with E-state index in [4.69, 9.17) is 16.3 Å². The van der Waals surface area contributed by atoms with Crippen molar-refractivity contribution in [2.24, 2.45) is 0 Å². The molecule has 30 heavy (non-hydrogen) atoms. The van der Waals surface area contributed by atoms with E-state index >= 15 is 0 Å². The predicted molar refractivity (Wildman–Crippen MR) is 124 cm³/mol. The summed E-state index contributed by atoms with van der Waals surface area (Å²) in [5, 5.41) is 1.18. The van der Waals surface area contributed by atoms with E-state index in [0.29, 0.717) is 16.7 Å². The van der Waals surface area contributed by atoms with Gasteiger partial charge in [-0.05, 0) is 57.7 Å². The molecule has 9 heteroatoms. The van der Waals surface area contributed by atoms with E-state index in [0.717, 1.165) is 28.7 Å². The number of aromatic nitrogens is 1. The molecule has 0 aliphatic rings. The lowest BCUT2D eigenvalue weighted by Gasteiger charge is -2.21. The second-order valence-electron chi connectivity index (χ2n) is 6.96. The van der Waals surface area contributed by atoms with Gasteiger partial charge in [0, 0.05) is 6.54 Å². The Morgan fingerprint density at radius 2 is 1.93 bits per heavy atom. The Balaban J connectivity index is 0.00000320. The highest BCUT2D eigenvalue weighted by Gasteiger charge is 2.22. The number of aryl methyl sites for hydroxylation is 1. The number of ether oxygens (including phenoxy) is 1. The van der Waals surface area contributed by atoms with Gasteiger partial charge in [-0.25, -0.2) is 9.37 Å². The number of para-hydroxylation sites is 1. The number of hydrogen-bond acceptors (Lipinski definition) is 5. The molecule has 0 unspecified atom stereocenters. The number of fused-ring (bicyclic) bond motifs is 1. The van der Waals surface area contributed by atoms with Crippen molar-refractivity contribution in [1.82, 2.24) is 9.88 Å². The highest BCUT2D eigenvalue weighted by molar-refractivity contribution is 7.23. The van der Waals surface area contributed by atoms with Crippen molar-refractivity contribution in [3.8, 4) is 5.75 Å². The van der Waals surface area contributed by atoms with Crippen molar-refractivity contribution < 1.29 is 13.9 Å². The molecule has 0 saturated heterocycles. The largest absolute Gasteiger partial charge is 0.481 e. The van der Waals surface area contributed by atoms with Crippen LogP contribution in [-0.2, 0) is 4.79 Å². The van der Waals surface area contributed by atoms with Gasteiger partial charge in [0.25, 0.3) is 5.91 Å². The van der Waals surface area contributed by atoms with Crippen molar-refractivity contribution >= 4 is 56.6 Å². The average molecular weight is 472 g/mol. The summed E-state index contributed by atoms with van der Waals surface area (Å²) < 4.78 is 20.1. The molecule has 0 aliphatic carbocycles. The minimum Gasteiger partial charge on any atom is -0.481 e. The zero-order valence-electron chi connectivity index (χ0n) is 17.0. The van der Waals surface area contributed by atoms with E-state index < -0.39 is 5.82 Å². The first kappa shape index (κ1) is 24.3. The van der Waals surface area contributed by atoms with Crippen LogP contribution in [0.15, 0.2) is 36.4 Å². The van der Waals surface area contributed by atoms with Gasteiger partial charge in [0.2, 0.25) is 0 Å². The Labute approximate surface area is 190 Å². The van der Waals surface area contributed by atoms with Gasteiger partial charge in [-0.3, -0.25) is 9.69 Å². The second kappa shape index (κ2) is 10.9. The SMILES string of the molecule is Cc1ccc(Cl)c2sc(N(CCCN(C)C)C(=O)COc3ccccc3F)nc12.Cl. The minimum atomic E-state index is -0.498. The molecule has 5 nitrogen and oxygen atoms in total. The first-order chi connectivity index (χ1) is 13.9. The van der Waals surface area contributed by atoms with Gasteiger partial charge in [0.05, 0.1) is 15.2 Å². The van der Waals surface area contributed by atoms with Crippen LogP contribution in [0.4, 0.5) is 9.52 Å². The summed E-state index contributed by atoms with van der Waals surface area (Å²) in [5.74, 6) is -0.723. The van der Waals surface area contributed by atoms with Gasteiger partial charge in [0.15, 0.2) is 23.3 Å². The highest BCUT2D eigenvalue weighted by atomic mass is 35.5. The number of rotatable bonds is 8. The zero-order chi connectivity index (χ0) is 21.0. The van der Waals surface area contributed by atoms with E-state index in [2.05, 4.69) is 9.88 Å². The molecule has 0 N–H and O–H groups in total. The molecule has 2 aromatic carbocycles. The van der Waals surface area contributed by atoms with E-state index in [1.807, 2.05) is 33.2 Å².